The number of rotatable bonds is 1. The predicted molar refractivity (Wildman–Crippen MR) is 76.2 cm³/mol. The Hall–Kier alpha value is -1.22. The van der Waals surface area contributed by atoms with Gasteiger partial charge in [-0.1, -0.05) is 26.8 Å². The van der Waals surface area contributed by atoms with Gasteiger partial charge in [0.15, 0.2) is 0 Å². The molecule has 0 N–H and O–H groups in total. The van der Waals surface area contributed by atoms with Gasteiger partial charge in [0.05, 0.1) is 16.4 Å². The van der Waals surface area contributed by atoms with Crippen LogP contribution in [0.5, 0.6) is 0 Å². The maximum atomic E-state index is 11.9. The van der Waals surface area contributed by atoms with E-state index >= 15 is 0 Å². The first kappa shape index (κ1) is 13.2. The highest BCUT2D eigenvalue weighted by Crippen LogP contribution is 2.39. The van der Waals surface area contributed by atoms with Crippen molar-refractivity contribution < 1.29 is 0 Å². The van der Waals surface area contributed by atoms with Gasteiger partial charge in [-0.05, 0) is 23.1 Å². The zero-order chi connectivity index (χ0) is 13.7. The van der Waals surface area contributed by atoms with E-state index in [4.69, 9.17) is 11.6 Å². The van der Waals surface area contributed by atoms with Crippen molar-refractivity contribution in [1.29, 1.82) is 0 Å². The quantitative estimate of drug-likeness (QED) is 0.728. The maximum Gasteiger partial charge on any atom is 0.328 e. The Morgan fingerprint density at radius 2 is 1.67 bits per heavy atom. The lowest BCUT2D eigenvalue weighted by Crippen LogP contribution is -2.19. The van der Waals surface area contributed by atoms with Crippen molar-refractivity contribution in [2.75, 3.05) is 0 Å². The Bertz CT molecular complexity index is 646. The van der Waals surface area contributed by atoms with Crippen LogP contribution in [0.4, 0.5) is 0 Å². The molecule has 18 heavy (non-hydrogen) atoms. The molecule has 3 nitrogen and oxygen atoms in total. The third-order valence-corrected chi connectivity index (χ3v) is 4.26. The van der Waals surface area contributed by atoms with Crippen LogP contribution in [0.15, 0.2) is 23.0 Å². The van der Waals surface area contributed by atoms with Crippen molar-refractivity contribution in [2.45, 2.75) is 26.1 Å². The molecule has 0 radical (unpaired) electrons. The Morgan fingerprint density at radius 3 is 2.22 bits per heavy atom. The number of fused-ring (bicyclic) bond motifs is 1. The summed E-state index contributed by atoms with van der Waals surface area (Å²) < 4.78 is 3.31. The fourth-order valence-corrected chi connectivity index (χ4v) is 2.32. The van der Waals surface area contributed by atoms with Crippen molar-refractivity contribution in [1.82, 2.24) is 9.13 Å². The third kappa shape index (κ3) is 1.97. The average molecular weight is 267 g/mol. The first-order chi connectivity index (χ1) is 8.23. The molecule has 1 atom stereocenters. The molecule has 1 aromatic carbocycles. The summed E-state index contributed by atoms with van der Waals surface area (Å²) in [5.41, 5.74) is 2.89. The van der Waals surface area contributed by atoms with Gasteiger partial charge in [0.25, 0.3) is 0 Å². The molecule has 0 spiro atoms. The summed E-state index contributed by atoms with van der Waals surface area (Å²) in [4.78, 5) is 11.9. The second kappa shape index (κ2) is 4.16. The minimum Gasteiger partial charge on any atom is -0.295 e. The van der Waals surface area contributed by atoms with Gasteiger partial charge in [-0.2, -0.15) is 0 Å². The largest absolute Gasteiger partial charge is 0.328 e. The minimum absolute atomic E-state index is 0.0102. The second-order valence-electron chi connectivity index (χ2n) is 5.88. The molecule has 1 unspecified atom stereocenters. The molecule has 0 fully saturated rings. The first-order valence-corrected chi connectivity index (χ1v) is 6.46. The third-order valence-electron chi connectivity index (χ3n) is 3.35. The lowest BCUT2D eigenvalue weighted by atomic mass is 9.87. The van der Waals surface area contributed by atoms with E-state index in [0.717, 1.165) is 16.6 Å². The Balaban J connectivity index is 2.65. The molecule has 0 aliphatic heterocycles. The number of alkyl halides is 1. The second-order valence-corrected chi connectivity index (χ2v) is 6.31. The zero-order valence-corrected chi connectivity index (χ0v) is 12.2. The Morgan fingerprint density at radius 1 is 1.11 bits per heavy atom. The van der Waals surface area contributed by atoms with Crippen molar-refractivity contribution >= 4 is 22.6 Å². The Kier molecular flexibility index (Phi) is 3.06. The van der Waals surface area contributed by atoms with Crippen LogP contribution in [-0.4, -0.2) is 9.13 Å². The SMILES string of the molecule is Cn1c(=O)n(C)c2cc(C(Cl)C(C)(C)C)ccc21. The summed E-state index contributed by atoms with van der Waals surface area (Å²) in [6.45, 7) is 6.33. The van der Waals surface area contributed by atoms with Crippen molar-refractivity contribution in [3.8, 4) is 0 Å². The molecule has 2 rings (SSSR count). The normalized spacial score (nSPS) is 14.1. The van der Waals surface area contributed by atoms with Gasteiger partial charge in [-0.3, -0.25) is 9.13 Å². The standard InChI is InChI=1S/C14H19ClN2O/c1-14(2,3)12(15)9-6-7-10-11(8-9)17(5)13(18)16(10)4/h6-8,12H,1-5H3. The van der Waals surface area contributed by atoms with E-state index in [9.17, 15) is 4.79 Å². The van der Waals surface area contributed by atoms with E-state index in [1.54, 1.807) is 23.2 Å². The summed E-state index contributed by atoms with van der Waals surface area (Å²) in [6.07, 6.45) is 0. The van der Waals surface area contributed by atoms with Gasteiger partial charge in [0.2, 0.25) is 0 Å². The van der Waals surface area contributed by atoms with Crippen LogP contribution in [-0.2, 0) is 14.1 Å². The lowest BCUT2D eigenvalue weighted by molar-refractivity contribution is 0.396. The summed E-state index contributed by atoms with van der Waals surface area (Å²) in [6, 6.07) is 5.98. The molecule has 1 aromatic heterocycles. The molecule has 0 aliphatic carbocycles. The number of benzene rings is 1. The molecular weight excluding hydrogens is 248 g/mol. The predicted octanol–water partition coefficient (Wildman–Crippen LogP) is 3.20. The number of aromatic nitrogens is 2. The van der Waals surface area contributed by atoms with Gasteiger partial charge >= 0.3 is 5.69 Å². The fraction of sp³-hybridized carbons (Fsp3) is 0.500. The highest BCUT2D eigenvalue weighted by atomic mass is 35.5. The van der Waals surface area contributed by atoms with E-state index < -0.39 is 0 Å². The number of imidazole rings is 1. The molecule has 0 aliphatic rings. The highest BCUT2D eigenvalue weighted by molar-refractivity contribution is 6.21. The zero-order valence-electron chi connectivity index (χ0n) is 11.5. The summed E-state index contributed by atoms with van der Waals surface area (Å²) in [7, 11) is 3.57. The molecule has 2 aromatic rings. The molecular formula is C14H19ClN2O. The molecule has 0 saturated carbocycles. The van der Waals surface area contributed by atoms with E-state index in [-0.39, 0.29) is 16.5 Å². The molecule has 4 heteroatoms. The van der Waals surface area contributed by atoms with Crippen LogP contribution >= 0.6 is 11.6 Å². The lowest BCUT2D eigenvalue weighted by Gasteiger charge is -2.25. The monoisotopic (exact) mass is 266 g/mol. The average Bonchev–Trinajstić information content (AvgIpc) is 2.52. The molecule has 1 heterocycles. The van der Waals surface area contributed by atoms with E-state index in [1.807, 2.05) is 18.2 Å². The van der Waals surface area contributed by atoms with Gasteiger partial charge in [-0.25, -0.2) is 4.79 Å². The maximum absolute atomic E-state index is 11.9. The molecule has 0 saturated heterocycles. The van der Waals surface area contributed by atoms with Crippen LogP contribution in [0.1, 0.15) is 31.7 Å². The van der Waals surface area contributed by atoms with Crippen molar-refractivity contribution in [2.24, 2.45) is 19.5 Å². The fourth-order valence-electron chi connectivity index (χ4n) is 2.18. The summed E-state index contributed by atoms with van der Waals surface area (Å²) >= 11 is 6.49. The van der Waals surface area contributed by atoms with E-state index in [0.29, 0.717) is 0 Å². The summed E-state index contributed by atoms with van der Waals surface area (Å²) in [5, 5.41) is -0.0720. The van der Waals surface area contributed by atoms with Crippen molar-refractivity contribution in [3.63, 3.8) is 0 Å². The minimum atomic E-state index is -0.0720. The van der Waals surface area contributed by atoms with Crippen LogP contribution in [0.2, 0.25) is 0 Å². The number of halogens is 1. The van der Waals surface area contributed by atoms with Crippen LogP contribution < -0.4 is 5.69 Å². The van der Waals surface area contributed by atoms with Gasteiger partial charge in [0.1, 0.15) is 0 Å². The van der Waals surface area contributed by atoms with E-state index in [1.165, 1.54) is 0 Å². The van der Waals surface area contributed by atoms with Crippen LogP contribution in [0, 0.1) is 5.41 Å². The molecule has 0 amide bonds. The number of hydrogen-bond acceptors (Lipinski definition) is 1. The Labute approximate surface area is 112 Å². The van der Waals surface area contributed by atoms with Crippen LogP contribution in [0.25, 0.3) is 11.0 Å². The molecule has 0 bridgehead atoms. The number of aryl methyl sites for hydroxylation is 2. The number of nitrogens with zero attached hydrogens (tertiary/aromatic N) is 2. The smallest absolute Gasteiger partial charge is 0.295 e. The highest BCUT2D eigenvalue weighted by Gasteiger charge is 2.24. The number of hydrogen-bond donors (Lipinski definition) is 0. The molecule has 98 valence electrons. The van der Waals surface area contributed by atoms with Crippen molar-refractivity contribution in [3.05, 3.63) is 34.2 Å². The summed E-state index contributed by atoms with van der Waals surface area (Å²) in [5.74, 6) is 0. The van der Waals surface area contributed by atoms with Gasteiger partial charge < -0.3 is 0 Å². The van der Waals surface area contributed by atoms with E-state index in [2.05, 4.69) is 20.8 Å². The van der Waals surface area contributed by atoms with Gasteiger partial charge in [0, 0.05) is 14.1 Å². The topological polar surface area (TPSA) is 26.9 Å². The van der Waals surface area contributed by atoms with Crippen LogP contribution in [0.3, 0.4) is 0 Å². The first-order valence-electron chi connectivity index (χ1n) is 6.03. The van der Waals surface area contributed by atoms with Gasteiger partial charge in [-0.15, -0.1) is 11.6 Å².